The van der Waals surface area contributed by atoms with Gasteiger partial charge in [-0.2, -0.15) is 0 Å². The number of hydrogen-bond acceptors (Lipinski definition) is 4. The van der Waals surface area contributed by atoms with Gasteiger partial charge in [-0.25, -0.2) is 4.98 Å². The number of amides is 1. The molecule has 1 aliphatic rings. The fraction of sp³-hybridized carbons (Fsp3) is 0.412. The van der Waals surface area contributed by atoms with Gasteiger partial charge in [-0.1, -0.05) is 37.3 Å². The summed E-state index contributed by atoms with van der Waals surface area (Å²) in [4.78, 5) is 17.8. The van der Waals surface area contributed by atoms with Gasteiger partial charge in [-0.3, -0.25) is 4.79 Å². The molecule has 0 radical (unpaired) electrons. The highest BCUT2D eigenvalue weighted by Crippen LogP contribution is 2.28. The summed E-state index contributed by atoms with van der Waals surface area (Å²) in [6.07, 6.45) is 0.982. The van der Waals surface area contributed by atoms with Crippen LogP contribution in [0.4, 0.5) is 0 Å². The Labute approximate surface area is 159 Å². The zero-order valence-corrected chi connectivity index (χ0v) is 16.2. The van der Waals surface area contributed by atoms with E-state index in [2.05, 4.69) is 22.5 Å². The standard InChI is InChI=1S/C17H21N3OS.2ClH/c1-11-10-18-9-8-14(11)20-16(21)15-12(2)19-17(22-15)13-6-4-3-5-7-13;;/h3-7,11,14,18H,8-10H2,1-2H3,(H,20,21);2*1H. The Balaban J connectivity index is 0.00000144. The predicted molar refractivity (Wildman–Crippen MR) is 105 cm³/mol. The number of halogens is 2. The van der Waals surface area contributed by atoms with Gasteiger partial charge in [-0.15, -0.1) is 36.2 Å². The third kappa shape index (κ3) is 4.70. The Morgan fingerprint density at radius 2 is 2.00 bits per heavy atom. The van der Waals surface area contributed by atoms with E-state index in [1.807, 2.05) is 37.3 Å². The molecule has 132 valence electrons. The number of carbonyl (C=O) groups excluding carboxylic acids is 1. The molecule has 1 fully saturated rings. The largest absolute Gasteiger partial charge is 0.348 e. The Morgan fingerprint density at radius 1 is 1.29 bits per heavy atom. The second-order valence-corrected chi connectivity index (χ2v) is 6.85. The lowest BCUT2D eigenvalue weighted by Gasteiger charge is -2.30. The van der Waals surface area contributed by atoms with Gasteiger partial charge in [0.25, 0.3) is 5.91 Å². The fourth-order valence-corrected chi connectivity index (χ4v) is 3.75. The number of hydrogen-bond donors (Lipinski definition) is 2. The van der Waals surface area contributed by atoms with Crippen LogP contribution in [0.5, 0.6) is 0 Å². The molecule has 1 aromatic carbocycles. The van der Waals surface area contributed by atoms with Crippen LogP contribution in [0.1, 0.15) is 28.7 Å². The molecule has 0 spiro atoms. The van der Waals surface area contributed by atoms with Crippen LogP contribution in [-0.2, 0) is 0 Å². The van der Waals surface area contributed by atoms with Crippen molar-refractivity contribution in [2.45, 2.75) is 26.3 Å². The number of aromatic nitrogens is 1. The van der Waals surface area contributed by atoms with Crippen molar-refractivity contribution in [3.8, 4) is 10.6 Å². The number of piperidine rings is 1. The molecule has 0 bridgehead atoms. The molecule has 3 rings (SSSR count). The van der Waals surface area contributed by atoms with Crippen molar-refractivity contribution >= 4 is 42.1 Å². The van der Waals surface area contributed by atoms with Crippen molar-refractivity contribution < 1.29 is 4.79 Å². The zero-order chi connectivity index (χ0) is 15.5. The van der Waals surface area contributed by atoms with E-state index >= 15 is 0 Å². The summed E-state index contributed by atoms with van der Waals surface area (Å²) in [7, 11) is 0. The molecule has 2 unspecified atom stereocenters. The van der Waals surface area contributed by atoms with Gasteiger partial charge in [-0.05, 0) is 32.4 Å². The molecule has 1 saturated heterocycles. The van der Waals surface area contributed by atoms with Crippen molar-refractivity contribution in [3.63, 3.8) is 0 Å². The molecule has 24 heavy (non-hydrogen) atoms. The monoisotopic (exact) mass is 387 g/mol. The highest BCUT2D eigenvalue weighted by molar-refractivity contribution is 7.17. The first-order valence-electron chi connectivity index (χ1n) is 7.69. The molecule has 2 N–H and O–H groups in total. The molecule has 1 aliphatic heterocycles. The number of aryl methyl sites for hydroxylation is 1. The average molecular weight is 388 g/mol. The normalized spacial score (nSPS) is 19.8. The Bertz CT molecular complexity index is 663. The van der Waals surface area contributed by atoms with Crippen LogP contribution in [-0.4, -0.2) is 30.0 Å². The molecule has 1 aromatic heterocycles. The quantitative estimate of drug-likeness (QED) is 0.843. The first kappa shape index (κ1) is 20.9. The van der Waals surface area contributed by atoms with Gasteiger partial charge >= 0.3 is 0 Å². The molecule has 7 heteroatoms. The second-order valence-electron chi connectivity index (χ2n) is 5.85. The minimum atomic E-state index is 0. The predicted octanol–water partition coefficient (Wildman–Crippen LogP) is 3.69. The SMILES string of the molecule is Cc1nc(-c2ccccc2)sc1C(=O)NC1CCNCC1C.Cl.Cl. The van der Waals surface area contributed by atoms with Crippen molar-refractivity contribution in [2.24, 2.45) is 5.92 Å². The lowest BCUT2D eigenvalue weighted by atomic mass is 9.95. The molecule has 2 atom stereocenters. The van der Waals surface area contributed by atoms with Crippen molar-refractivity contribution in [3.05, 3.63) is 40.9 Å². The van der Waals surface area contributed by atoms with Gasteiger partial charge in [0.05, 0.1) is 5.69 Å². The number of carbonyl (C=O) groups is 1. The van der Waals surface area contributed by atoms with E-state index in [1.54, 1.807) is 0 Å². The summed E-state index contributed by atoms with van der Waals surface area (Å²) in [6, 6.07) is 10.3. The molecular formula is C17H23Cl2N3OS. The van der Waals surface area contributed by atoms with E-state index in [0.29, 0.717) is 5.92 Å². The summed E-state index contributed by atoms with van der Waals surface area (Å²) in [5.74, 6) is 0.468. The topological polar surface area (TPSA) is 54.0 Å². The number of rotatable bonds is 3. The van der Waals surface area contributed by atoms with Crippen LogP contribution < -0.4 is 10.6 Å². The van der Waals surface area contributed by atoms with Gasteiger partial charge in [0.2, 0.25) is 0 Å². The summed E-state index contributed by atoms with van der Waals surface area (Å²) in [5, 5.41) is 7.44. The zero-order valence-electron chi connectivity index (χ0n) is 13.7. The van der Waals surface area contributed by atoms with E-state index in [4.69, 9.17) is 0 Å². The van der Waals surface area contributed by atoms with E-state index in [9.17, 15) is 4.79 Å². The lowest BCUT2D eigenvalue weighted by Crippen LogP contribution is -2.48. The lowest BCUT2D eigenvalue weighted by molar-refractivity contribution is 0.0917. The number of benzene rings is 1. The van der Waals surface area contributed by atoms with Gasteiger partial charge < -0.3 is 10.6 Å². The molecule has 2 aromatic rings. The van der Waals surface area contributed by atoms with E-state index in [1.165, 1.54) is 11.3 Å². The van der Waals surface area contributed by atoms with Gasteiger partial charge in [0.15, 0.2) is 0 Å². The first-order chi connectivity index (χ1) is 10.6. The van der Waals surface area contributed by atoms with Crippen LogP contribution in [0, 0.1) is 12.8 Å². The Morgan fingerprint density at radius 3 is 2.67 bits per heavy atom. The van der Waals surface area contributed by atoms with Crippen LogP contribution in [0.25, 0.3) is 10.6 Å². The number of nitrogens with zero attached hydrogens (tertiary/aromatic N) is 1. The maximum atomic E-state index is 12.6. The van der Waals surface area contributed by atoms with Gasteiger partial charge in [0.1, 0.15) is 9.88 Å². The summed E-state index contributed by atoms with van der Waals surface area (Å²) in [5.41, 5.74) is 1.87. The van der Waals surface area contributed by atoms with Crippen LogP contribution in [0.2, 0.25) is 0 Å². The second kappa shape index (κ2) is 9.37. The highest BCUT2D eigenvalue weighted by Gasteiger charge is 2.25. The Hall–Kier alpha value is -1.14. The molecule has 1 amide bonds. The number of nitrogens with one attached hydrogen (secondary N) is 2. The summed E-state index contributed by atoms with van der Waals surface area (Å²) >= 11 is 1.47. The molecular weight excluding hydrogens is 365 g/mol. The highest BCUT2D eigenvalue weighted by atomic mass is 35.5. The molecule has 4 nitrogen and oxygen atoms in total. The minimum Gasteiger partial charge on any atom is -0.348 e. The van der Waals surface area contributed by atoms with Crippen molar-refractivity contribution in [2.75, 3.05) is 13.1 Å². The van der Waals surface area contributed by atoms with E-state index < -0.39 is 0 Å². The maximum absolute atomic E-state index is 12.6. The molecule has 0 saturated carbocycles. The smallest absolute Gasteiger partial charge is 0.263 e. The fourth-order valence-electron chi connectivity index (χ4n) is 2.77. The third-order valence-corrected chi connectivity index (χ3v) is 5.33. The van der Waals surface area contributed by atoms with Crippen LogP contribution in [0.3, 0.4) is 0 Å². The van der Waals surface area contributed by atoms with Gasteiger partial charge in [0, 0.05) is 11.6 Å². The van der Waals surface area contributed by atoms with Crippen molar-refractivity contribution in [1.82, 2.24) is 15.6 Å². The van der Waals surface area contributed by atoms with E-state index in [-0.39, 0.29) is 36.8 Å². The first-order valence-corrected chi connectivity index (χ1v) is 8.51. The average Bonchev–Trinajstić information content (AvgIpc) is 2.92. The van der Waals surface area contributed by atoms with E-state index in [0.717, 1.165) is 40.7 Å². The molecule has 2 heterocycles. The Kier molecular flexibility index (Phi) is 8.16. The molecule has 0 aliphatic carbocycles. The minimum absolute atomic E-state index is 0. The summed E-state index contributed by atoms with van der Waals surface area (Å²) < 4.78 is 0. The number of thiazole rings is 1. The van der Waals surface area contributed by atoms with Crippen molar-refractivity contribution in [1.29, 1.82) is 0 Å². The van der Waals surface area contributed by atoms with Crippen LogP contribution in [0.15, 0.2) is 30.3 Å². The maximum Gasteiger partial charge on any atom is 0.263 e. The summed E-state index contributed by atoms with van der Waals surface area (Å²) in [6.45, 7) is 6.00. The third-order valence-electron chi connectivity index (χ3n) is 4.13. The van der Waals surface area contributed by atoms with Crippen LogP contribution >= 0.6 is 36.2 Å².